The first-order chi connectivity index (χ1) is 11.6. The highest BCUT2D eigenvalue weighted by Crippen LogP contribution is 2.22. The number of ether oxygens (including phenoxy) is 1. The van der Waals surface area contributed by atoms with E-state index in [1.165, 1.54) is 4.90 Å². The van der Waals surface area contributed by atoms with Crippen molar-refractivity contribution in [1.29, 1.82) is 0 Å². The molecule has 140 valence electrons. The van der Waals surface area contributed by atoms with Gasteiger partial charge in [-0.2, -0.15) is 13.2 Å². The molecule has 0 saturated carbocycles. The van der Waals surface area contributed by atoms with Gasteiger partial charge in [-0.3, -0.25) is 9.69 Å². The van der Waals surface area contributed by atoms with Gasteiger partial charge in [0, 0.05) is 31.9 Å². The van der Waals surface area contributed by atoms with Gasteiger partial charge in [0.15, 0.2) is 0 Å². The number of nitrogens with zero attached hydrogens (tertiary/aromatic N) is 2. The summed E-state index contributed by atoms with van der Waals surface area (Å²) in [5, 5.41) is 3.18. The minimum absolute atomic E-state index is 0.130. The van der Waals surface area contributed by atoms with Crippen LogP contribution in [0.15, 0.2) is 24.3 Å². The monoisotopic (exact) mass is 359 g/mol. The Kier molecular flexibility index (Phi) is 5.82. The van der Waals surface area contributed by atoms with Crippen molar-refractivity contribution in [2.75, 3.05) is 45.2 Å². The Morgan fingerprint density at radius 1 is 1.12 bits per heavy atom. The molecule has 2 rings (SSSR count). The van der Waals surface area contributed by atoms with Gasteiger partial charge < -0.3 is 15.0 Å². The van der Waals surface area contributed by atoms with E-state index in [9.17, 15) is 18.0 Å². The van der Waals surface area contributed by atoms with Crippen molar-refractivity contribution >= 4 is 11.6 Å². The number of benzene rings is 1. The van der Waals surface area contributed by atoms with Crippen LogP contribution in [0.2, 0.25) is 0 Å². The molecule has 0 unspecified atom stereocenters. The molecule has 8 heteroatoms. The second-order valence-electron chi connectivity index (χ2n) is 6.66. The number of piperazine rings is 1. The molecular formula is C17H24F3N3O2. The molecule has 1 aliphatic rings. The Morgan fingerprint density at radius 3 is 2.16 bits per heavy atom. The average molecular weight is 359 g/mol. The fourth-order valence-corrected chi connectivity index (χ4v) is 2.85. The number of methoxy groups -OCH3 is 1. The smallest absolute Gasteiger partial charge is 0.401 e. The highest BCUT2D eigenvalue weighted by atomic mass is 19.4. The highest BCUT2D eigenvalue weighted by Gasteiger charge is 2.36. The molecule has 0 aromatic heterocycles. The molecule has 25 heavy (non-hydrogen) atoms. The van der Waals surface area contributed by atoms with Crippen molar-refractivity contribution in [1.82, 2.24) is 9.80 Å². The van der Waals surface area contributed by atoms with E-state index in [4.69, 9.17) is 4.74 Å². The fraction of sp³-hybridized carbons (Fsp3) is 0.588. The van der Waals surface area contributed by atoms with Crippen LogP contribution in [-0.4, -0.2) is 67.3 Å². The molecule has 1 heterocycles. The lowest BCUT2D eigenvalue weighted by Gasteiger charge is -2.39. The summed E-state index contributed by atoms with van der Waals surface area (Å²) in [5.74, 6) is 0.588. The SMILES string of the molecule is COc1ccc(NC(C)(C)C(=O)N2CCN(CC(F)(F)F)CC2)cc1. The van der Waals surface area contributed by atoms with E-state index < -0.39 is 18.3 Å². The van der Waals surface area contributed by atoms with Crippen LogP contribution in [0, 0.1) is 0 Å². The number of rotatable bonds is 5. The van der Waals surface area contributed by atoms with Crippen molar-refractivity contribution in [2.45, 2.75) is 25.6 Å². The van der Waals surface area contributed by atoms with Gasteiger partial charge in [0.2, 0.25) is 5.91 Å². The lowest BCUT2D eigenvalue weighted by molar-refractivity contribution is -0.152. The van der Waals surface area contributed by atoms with E-state index in [0.29, 0.717) is 13.1 Å². The van der Waals surface area contributed by atoms with E-state index >= 15 is 0 Å². The summed E-state index contributed by atoms with van der Waals surface area (Å²) in [6.45, 7) is 3.64. The third-order valence-corrected chi connectivity index (χ3v) is 4.14. The van der Waals surface area contributed by atoms with Gasteiger partial charge in [-0.1, -0.05) is 0 Å². The largest absolute Gasteiger partial charge is 0.497 e. The highest BCUT2D eigenvalue weighted by molar-refractivity contribution is 5.88. The fourth-order valence-electron chi connectivity index (χ4n) is 2.85. The summed E-state index contributed by atoms with van der Waals surface area (Å²) in [6.07, 6.45) is -4.21. The molecule has 1 amide bonds. The summed E-state index contributed by atoms with van der Waals surface area (Å²) in [6, 6.07) is 7.21. The molecule has 1 fully saturated rings. The number of hydrogen-bond donors (Lipinski definition) is 1. The molecule has 0 spiro atoms. The van der Waals surface area contributed by atoms with Crippen molar-refractivity contribution in [3.05, 3.63) is 24.3 Å². The zero-order chi connectivity index (χ0) is 18.7. The van der Waals surface area contributed by atoms with E-state index in [1.807, 2.05) is 12.1 Å². The summed E-state index contributed by atoms with van der Waals surface area (Å²) in [5.41, 5.74) is -0.0873. The first-order valence-electron chi connectivity index (χ1n) is 8.11. The summed E-state index contributed by atoms with van der Waals surface area (Å²) in [7, 11) is 1.58. The molecular weight excluding hydrogens is 335 g/mol. The van der Waals surface area contributed by atoms with Gasteiger partial charge in [-0.05, 0) is 38.1 Å². The van der Waals surface area contributed by atoms with Crippen LogP contribution >= 0.6 is 0 Å². The number of alkyl halides is 3. The summed E-state index contributed by atoms with van der Waals surface area (Å²) >= 11 is 0. The Morgan fingerprint density at radius 2 is 1.68 bits per heavy atom. The Labute approximate surface area is 145 Å². The number of carbonyl (C=O) groups is 1. The molecule has 1 saturated heterocycles. The summed E-state index contributed by atoms with van der Waals surface area (Å²) in [4.78, 5) is 15.7. The normalized spacial score (nSPS) is 16.6. The molecule has 5 nitrogen and oxygen atoms in total. The van der Waals surface area contributed by atoms with Crippen LogP contribution in [0.25, 0.3) is 0 Å². The number of anilines is 1. The first-order valence-corrected chi connectivity index (χ1v) is 8.11. The predicted octanol–water partition coefficient (Wildman–Crippen LogP) is 2.59. The lowest BCUT2D eigenvalue weighted by Crippen LogP contribution is -2.57. The van der Waals surface area contributed by atoms with Gasteiger partial charge in [0.25, 0.3) is 0 Å². The van der Waals surface area contributed by atoms with Crippen LogP contribution in [-0.2, 0) is 4.79 Å². The zero-order valence-corrected chi connectivity index (χ0v) is 14.7. The number of carbonyl (C=O) groups excluding carboxylic acids is 1. The Balaban J connectivity index is 1.92. The Bertz CT molecular complexity index is 580. The van der Waals surface area contributed by atoms with Crippen molar-refractivity contribution in [2.24, 2.45) is 0 Å². The maximum absolute atomic E-state index is 12.7. The topological polar surface area (TPSA) is 44.8 Å². The molecule has 1 N–H and O–H groups in total. The van der Waals surface area contributed by atoms with Crippen LogP contribution in [0.3, 0.4) is 0 Å². The Hall–Kier alpha value is -1.96. The van der Waals surface area contributed by atoms with Crippen LogP contribution < -0.4 is 10.1 Å². The maximum Gasteiger partial charge on any atom is 0.401 e. The number of amides is 1. The molecule has 1 aromatic rings. The number of nitrogens with one attached hydrogen (secondary N) is 1. The molecule has 0 aliphatic carbocycles. The van der Waals surface area contributed by atoms with E-state index in [0.717, 1.165) is 11.4 Å². The van der Waals surface area contributed by atoms with Gasteiger partial charge in [0.05, 0.1) is 13.7 Å². The van der Waals surface area contributed by atoms with Crippen molar-refractivity contribution in [3.63, 3.8) is 0 Å². The second-order valence-corrected chi connectivity index (χ2v) is 6.66. The van der Waals surface area contributed by atoms with E-state index in [-0.39, 0.29) is 19.0 Å². The van der Waals surface area contributed by atoms with Gasteiger partial charge in [-0.25, -0.2) is 0 Å². The first kappa shape index (κ1) is 19.4. The molecule has 0 bridgehead atoms. The molecule has 0 atom stereocenters. The van der Waals surface area contributed by atoms with E-state index in [1.54, 1.807) is 38.0 Å². The van der Waals surface area contributed by atoms with Crippen LogP contribution in [0.5, 0.6) is 5.75 Å². The maximum atomic E-state index is 12.7. The molecule has 0 radical (unpaired) electrons. The third-order valence-electron chi connectivity index (χ3n) is 4.14. The van der Waals surface area contributed by atoms with Crippen LogP contribution in [0.1, 0.15) is 13.8 Å². The minimum Gasteiger partial charge on any atom is -0.497 e. The van der Waals surface area contributed by atoms with E-state index in [2.05, 4.69) is 5.32 Å². The third kappa shape index (κ3) is 5.52. The average Bonchev–Trinajstić information content (AvgIpc) is 2.54. The molecule has 1 aromatic carbocycles. The van der Waals surface area contributed by atoms with Crippen LogP contribution in [0.4, 0.5) is 18.9 Å². The quantitative estimate of drug-likeness (QED) is 0.878. The minimum atomic E-state index is -4.21. The van der Waals surface area contributed by atoms with Gasteiger partial charge in [0.1, 0.15) is 11.3 Å². The summed E-state index contributed by atoms with van der Waals surface area (Å²) < 4.78 is 42.4. The molecule has 1 aliphatic heterocycles. The number of hydrogen-bond acceptors (Lipinski definition) is 4. The zero-order valence-electron chi connectivity index (χ0n) is 14.7. The second kappa shape index (κ2) is 7.51. The number of halogens is 3. The lowest BCUT2D eigenvalue weighted by atomic mass is 10.0. The van der Waals surface area contributed by atoms with Gasteiger partial charge >= 0.3 is 6.18 Å². The van der Waals surface area contributed by atoms with Crippen molar-refractivity contribution < 1.29 is 22.7 Å². The standard InChI is InChI=1S/C17H24F3N3O2/c1-16(2,21-13-4-6-14(25-3)7-5-13)15(24)23-10-8-22(9-11-23)12-17(18,19)20/h4-7,21H,8-12H2,1-3H3. The van der Waals surface area contributed by atoms with Crippen molar-refractivity contribution in [3.8, 4) is 5.75 Å². The van der Waals surface area contributed by atoms with Gasteiger partial charge in [-0.15, -0.1) is 0 Å². The predicted molar refractivity (Wildman–Crippen MR) is 89.8 cm³/mol.